The fourth-order valence-electron chi connectivity index (χ4n) is 6.04. The zero-order chi connectivity index (χ0) is 22.0. The van der Waals surface area contributed by atoms with Gasteiger partial charge in [-0.15, -0.1) is 0 Å². The third-order valence-electron chi connectivity index (χ3n) is 7.09. The molecule has 4 aliphatic rings. The van der Waals surface area contributed by atoms with Crippen molar-refractivity contribution in [2.75, 3.05) is 11.9 Å². The maximum Gasteiger partial charge on any atom is 0.308 e. The van der Waals surface area contributed by atoms with Crippen LogP contribution in [0, 0.1) is 34.5 Å². The number of anilines is 1. The highest BCUT2D eigenvalue weighted by Crippen LogP contribution is 2.60. The molecule has 164 valence electrons. The number of hydrogen-bond donors (Lipinski definition) is 2. The van der Waals surface area contributed by atoms with Gasteiger partial charge in [0.05, 0.1) is 18.1 Å². The molecule has 0 saturated heterocycles. The van der Waals surface area contributed by atoms with Gasteiger partial charge in [0.1, 0.15) is 0 Å². The molecule has 1 aromatic carbocycles. The Balaban J connectivity index is 1.20. The number of ether oxygens (including phenoxy) is 1. The minimum absolute atomic E-state index is 0.0343. The molecule has 31 heavy (non-hydrogen) atoms. The van der Waals surface area contributed by atoms with E-state index < -0.39 is 18.0 Å². The predicted octanol–water partition coefficient (Wildman–Crippen LogP) is 3.15. The van der Waals surface area contributed by atoms with Crippen LogP contribution in [0.25, 0.3) is 0 Å². The summed E-state index contributed by atoms with van der Waals surface area (Å²) in [7, 11) is 0. The number of nitrogens with one attached hydrogen (secondary N) is 2. The van der Waals surface area contributed by atoms with E-state index in [0.717, 1.165) is 19.3 Å². The van der Waals surface area contributed by atoms with Crippen molar-refractivity contribution in [2.24, 2.45) is 23.2 Å². The third-order valence-corrected chi connectivity index (χ3v) is 7.09. The molecule has 4 saturated carbocycles. The van der Waals surface area contributed by atoms with Gasteiger partial charge in [0.2, 0.25) is 5.91 Å². The van der Waals surface area contributed by atoms with Crippen LogP contribution in [0.2, 0.25) is 0 Å². The topological polar surface area (TPSA) is 108 Å². The van der Waals surface area contributed by atoms with E-state index in [9.17, 15) is 14.4 Å². The number of carbonyl (C=O) groups is 3. The Morgan fingerprint density at radius 2 is 1.68 bits per heavy atom. The molecule has 1 aromatic rings. The number of nitrogens with zero attached hydrogens (tertiary/aromatic N) is 1. The number of nitriles is 1. The van der Waals surface area contributed by atoms with Gasteiger partial charge in [-0.25, -0.2) is 0 Å². The summed E-state index contributed by atoms with van der Waals surface area (Å²) < 4.78 is 5.21. The van der Waals surface area contributed by atoms with Crippen molar-refractivity contribution < 1.29 is 19.1 Å². The molecule has 4 aliphatic carbocycles. The van der Waals surface area contributed by atoms with Gasteiger partial charge in [0.25, 0.3) is 5.91 Å². The summed E-state index contributed by atoms with van der Waals surface area (Å²) in [6, 6.07) is 8.43. The highest BCUT2D eigenvalue weighted by atomic mass is 16.5. The minimum Gasteiger partial charge on any atom is -0.452 e. The van der Waals surface area contributed by atoms with Gasteiger partial charge in [-0.05, 0) is 87.5 Å². The van der Waals surface area contributed by atoms with Crippen molar-refractivity contribution in [3.8, 4) is 6.07 Å². The van der Waals surface area contributed by atoms with E-state index in [-0.39, 0.29) is 24.3 Å². The first-order valence-electron chi connectivity index (χ1n) is 11.2. The molecule has 2 amide bonds. The number of carbonyl (C=O) groups excluding carboxylic acids is 3. The van der Waals surface area contributed by atoms with Gasteiger partial charge in [-0.1, -0.05) is 0 Å². The van der Waals surface area contributed by atoms with Crippen molar-refractivity contribution in [1.82, 2.24) is 5.32 Å². The number of rotatable bonds is 7. The quantitative estimate of drug-likeness (QED) is 0.655. The van der Waals surface area contributed by atoms with Crippen molar-refractivity contribution in [3.05, 3.63) is 29.8 Å². The summed E-state index contributed by atoms with van der Waals surface area (Å²) in [5.41, 5.74) is 0.787. The highest BCUT2D eigenvalue weighted by molar-refractivity contribution is 5.95. The monoisotopic (exact) mass is 423 g/mol. The van der Waals surface area contributed by atoms with Crippen LogP contribution in [-0.4, -0.2) is 30.4 Å². The molecule has 0 heterocycles. The molecule has 1 atom stereocenters. The van der Waals surface area contributed by atoms with Crippen LogP contribution >= 0.6 is 0 Å². The third kappa shape index (κ3) is 4.73. The molecule has 5 rings (SSSR count). The van der Waals surface area contributed by atoms with E-state index in [4.69, 9.17) is 10.00 Å². The molecule has 1 unspecified atom stereocenters. The number of hydrogen-bond acceptors (Lipinski definition) is 5. The van der Waals surface area contributed by atoms with Gasteiger partial charge < -0.3 is 15.4 Å². The van der Waals surface area contributed by atoms with E-state index >= 15 is 0 Å². The zero-order valence-electron chi connectivity index (χ0n) is 17.9. The van der Waals surface area contributed by atoms with Gasteiger partial charge >= 0.3 is 5.97 Å². The first-order chi connectivity index (χ1) is 14.9. The SMILES string of the molecule is CC(OC(=O)CCNC(=O)C12CC3CC(CC(C3)C1)C2)C(=O)Nc1ccc(C#N)cc1. The van der Waals surface area contributed by atoms with Crippen molar-refractivity contribution >= 4 is 23.5 Å². The lowest BCUT2D eigenvalue weighted by molar-refractivity contribution is -0.153. The smallest absolute Gasteiger partial charge is 0.308 e. The van der Waals surface area contributed by atoms with E-state index in [1.807, 2.05) is 6.07 Å². The standard InChI is InChI=1S/C24H29N3O4/c1-15(22(29)27-20-4-2-16(14-25)3-5-20)31-21(28)6-7-26-23(30)24-11-17-8-18(12-24)10-19(9-17)13-24/h2-5,15,17-19H,6-13H2,1H3,(H,26,30)(H,27,29). The molecule has 7 nitrogen and oxygen atoms in total. The Hall–Kier alpha value is -2.88. The summed E-state index contributed by atoms with van der Waals surface area (Å²) in [6.07, 6.45) is 5.88. The summed E-state index contributed by atoms with van der Waals surface area (Å²) >= 11 is 0. The molecular weight excluding hydrogens is 394 g/mol. The largest absolute Gasteiger partial charge is 0.452 e. The normalized spacial score (nSPS) is 29.0. The number of amides is 2. The molecular formula is C24H29N3O4. The Labute approximate surface area is 182 Å². The molecule has 0 aromatic heterocycles. The Morgan fingerprint density at radius 3 is 2.23 bits per heavy atom. The lowest BCUT2D eigenvalue weighted by Crippen LogP contribution is -2.53. The minimum atomic E-state index is -0.956. The van der Waals surface area contributed by atoms with Crippen LogP contribution in [-0.2, 0) is 19.1 Å². The van der Waals surface area contributed by atoms with Crippen LogP contribution < -0.4 is 10.6 Å². The molecule has 0 aliphatic heterocycles. The van der Waals surface area contributed by atoms with Gasteiger partial charge in [-0.2, -0.15) is 5.26 Å². The summed E-state index contributed by atoms with van der Waals surface area (Å²) in [6.45, 7) is 1.73. The van der Waals surface area contributed by atoms with Crippen molar-refractivity contribution in [2.45, 2.75) is 58.0 Å². The van der Waals surface area contributed by atoms with Crippen LogP contribution in [0.3, 0.4) is 0 Å². The Morgan fingerprint density at radius 1 is 1.10 bits per heavy atom. The summed E-state index contributed by atoms with van der Waals surface area (Å²) in [4.78, 5) is 37.3. The number of benzene rings is 1. The van der Waals surface area contributed by atoms with Crippen LogP contribution in [0.1, 0.15) is 57.4 Å². The fourth-order valence-corrected chi connectivity index (χ4v) is 6.04. The van der Waals surface area contributed by atoms with Gasteiger partial charge in [0.15, 0.2) is 6.10 Å². The highest BCUT2D eigenvalue weighted by Gasteiger charge is 2.54. The second-order valence-electron chi connectivity index (χ2n) is 9.51. The summed E-state index contributed by atoms with van der Waals surface area (Å²) in [5.74, 6) is 1.20. The van der Waals surface area contributed by atoms with Crippen LogP contribution in [0.4, 0.5) is 5.69 Å². The van der Waals surface area contributed by atoms with E-state index in [2.05, 4.69) is 10.6 Å². The van der Waals surface area contributed by atoms with Gasteiger partial charge in [0, 0.05) is 17.6 Å². The second kappa shape index (κ2) is 8.70. The average Bonchev–Trinajstić information content (AvgIpc) is 2.73. The maximum absolute atomic E-state index is 12.9. The lowest BCUT2D eigenvalue weighted by atomic mass is 9.49. The van der Waals surface area contributed by atoms with Crippen LogP contribution in [0.15, 0.2) is 24.3 Å². The molecule has 2 N–H and O–H groups in total. The van der Waals surface area contributed by atoms with Crippen molar-refractivity contribution in [1.29, 1.82) is 5.26 Å². The summed E-state index contributed by atoms with van der Waals surface area (Å²) in [5, 5.41) is 14.4. The molecule has 0 spiro atoms. The van der Waals surface area contributed by atoms with Crippen molar-refractivity contribution in [3.63, 3.8) is 0 Å². The van der Waals surface area contributed by atoms with Gasteiger partial charge in [-0.3, -0.25) is 14.4 Å². The molecule has 4 fully saturated rings. The molecule has 7 heteroatoms. The van der Waals surface area contributed by atoms with E-state index in [1.165, 1.54) is 26.2 Å². The second-order valence-corrected chi connectivity index (χ2v) is 9.51. The number of esters is 1. The van der Waals surface area contributed by atoms with E-state index in [1.54, 1.807) is 24.3 Å². The Bertz CT molecular complexity index is 867. The van der Waals surface area contributed by atoms with Crippen LogP contribution in [0.5, 0.6) is 0 Å². The predicted molar refractivity (Wildman–Crippen MR) is 114 cm³/mol. The maximum atomic E-state index is 12.9. The first-order valence-corrected chi connectivity index (χ1v) is 11.2. The first kappa shape index (κ1) is 21.4. The Kier molecular flexibility index (Phi) is 5.99. The molecule has 0 radical (unpaired) electrons. The van der Waals surface area contributed by atoms with E-state index in [0.29, 0.717) is 29.0 Å². The fraction of sp³-hybridized carbons (Fsp3) is 0.583. The zero-order valence-corrected chi connectivity index (χ0v) is 17.9. The average molecular weight is 424 g/mol. The lowest BCUT2D eigenvalue weighted by Gasteiger charge is -2.55. The molecule has 4 bridgehead atoms.